The zero-order valence-corrected chi connectivity index (χ0v) is 10.0. The van der Waals surface area contributed by atoms with Crippen LogP contribution in [0.3, 0.4) is 0 Å². The van der Waals surface area contributed by atoms with E-state index in [2.05, 4.69) is 0 Å². The summed E-state index contributed by atoms with van der Waals surface area (Å²) in [4.78, 5) is 0. The first-order valence-electron chi connectivity index (χ1n) is 3.90. The average molecular weight is 279 g/mol. The maximum atomic E-state index is 12.5. The zero-order valence-electron chi connectivity index (χ0n) is 7.50. The third-order valence-corrected chi connectivity index (χ3v) is 2.28. The van der Waals surface area contributed by atoms with Crippen LogP contribution in [0.15, 0.2) is 24.3 Å². The predicted octanol–water partition coefficient (Wildman–Crippen LogP) is 2.57. The molecule has 0 bridgehead atoms. The Labute approximate surface area is 97.4 Å². The van der Waals surface area contributed by atoms with Crippen molar-refractivity contribution in [1.82, 2.24) is 0 Å². The lowest BCUT2D eigenvalue weighted by molar-refractivity contribution is 0.627. The van der Waals surface area contributed by atoms with Crippen molar-refractivity contribution in [1.29, 1.82) is 5.41 Å². The van der Waals surface area contributed by atoms with Crippen LogP contribution in [0.5, 0.6) is 0 Å². The van der Waals surface area contributed by atoms with Crippen LogP contribution < -0.4 is 5.73 Å². The van der Waals surface area contributed by atoms with E-state index >= 15 is 0 Å². The molecule has 0 saturated heterocycles. The summed E-state index contributed by atoms with van der Waals surface area (Å²) in [5, 5.41) is 7.10. The number of hydrogen-bond donors (Lipinski definition) is 2. The molecule has 0 saturated carbocycles. The summed E-state index contributed by atoms with van der Waals surface area (Å²) in [7, 11) is 0. The summed E-state index contributed by atoms with van der Waals surface area (Å²) in [5.41, 5.74) is 6.23. The zero-order chi connectivity index (χ0) is 9.68. The van der Waals surface area contributed by atoms with Crippen LogP contribution in [0, 0.1) is 11.2 Å². The molecule has 2 nitrogen and oxygen atoms in total. The molecule has 78 valence electrons. The second kappa shape index (κ2) is 6.84. The first-order chi connectivity index (χ1) is 6.18. The number of amidine groups is 1. The van der Waals surface area contributed by atoms with E-state index in [1.54, 1.807) is 12.1 Å². The molecule has 0 heterocycles. The summed E-state index contributed by atoms with van der Waals surface area (Å²) < 4.78 is 12.5. The molecule has 5 heteroatoms. The molecule has 0 amide bonds. The van der Waals surface area contributed by atoms with Crippen LogP contribution in [-0.4, -0.2) is 10.9 Å². The van der Waals surface area contributed by atoms with Crippen LogP contribution in [0.25, 0.3) is 0 Å². The van der Waals surface area contributed by atoms with Crippen LogP contribution in [0.2, 0.25) is 0 Å². The number of rotatable bonds is 3. The van der Waals surface area contributed by atoms with Crippen molar-refractivity contribution in [3.8, 4) is 0 Å². The third-order valence-electron chi connectivity index (χ3n) is 1.56. The van der Waals surface area contributed by atoms with Crippen molar-refractivity contribution < 1.29 is 4.39 Å². The van der Waals surface area contributed by atoms with E-state index < -0.39 is 0 Å². The number of benzene rings is 1. The Morgan fingerprint density at radius 1 is 1.36 bits per heavy atom. The second-order valence-electron chi connectivity index (χ2n) is 2.59. The molecule has 0 aliphatic heterocycles. The highest BCUT2D eigenvalue weighted by molar-refractivity contribution is 8.93. The van der Waals surface area contributed by atoms with Crippen LogP contribution in [0.1, 0.15) is 5.56 Å². The second-order valence-corrected chi connectivity index (χ2v) is 3.73. The van der Waals surface area contributed by atoms with Gasteiger partial charge in [0.1, 0.15) is 5.82 Å². The largest absolute Gasteiger partial charge is 0.379 e. The van der Waals surface area contributed by atoms with E-state index in [-0.39, 0.29) is 28.0 Å². The Balaban J connectivity index is 0.00000169. The van der Waals surface area contributed by atoms with E-state index in [0.717, 1.165) is 17.7 Å². The number of aryl methyl sites for hydroxylation is 1. The van der Waals surface area contributed by atoms with Gasteiger partial charge in [-0.25, -0.2) is 4.39 Å². The van der Waals surface area contributed by atoms with Crippen molar-refractivity contribution >= 4 is 33.9 Å². The van der Waals surface area contributed by atoms with Gasteiger partial charge in [-0.15, -0.1) is 17.0 Å². The Bertz CT molecular complexity index is 289. The van der Waals surface area contributed by atoms with E-state index in [1.807, 2.05) is 0 Å². The minimum Gasteiger partial charge on any atom is -0.379 e. The Hall–Kier alpha value is -0.550. The van der Waals surface area contributed by atoms with Gasteiger partial charge >= 0.3 is 0 Å². The minimum absolute atomic E-state index is 0. The van der Waals surface area contributed by atoms with E-state index in [9.17, 15) is 4.39 Å². The van der Waals surface area contributed by atoms with Crippen molar-refractivity contribution in [2.75, 3.05) is 5.75 Å². The number of thioether (sulfide) groups is 1. The van der Waals surface area contributed by atoms with Gasteiger partial charge in [-0.1, -0.05) is 23.9 Å². The topological polar surface area (TPSA) is 49.9 Å². The van der Waals surface area contributed by atoms with E-state index in [4.69, 9.17) is 11.1 Å². The number of nitrogens with two attached hydrogens (primary N) is 1. The average Bonchev–Trinajstić information content (AvgIpc) is 2.08. The highest BCUT2D eigenvalue weighted by Crippen LogP contribution is 2.07. The number of hydrogen-bond acceptors (Lipinski definition) is 2. The molecule has 0 unspecified atom stereocenters. The first kappa shape index (κ1) is 13.4. The van der Waals surface area contributed by atoms with Crippen LogP contribution >= 0.6 is 28.7 Å². The van der Waals surface area contributed by atoms with Crippen molar-refractivity contribution in [3.63, 3.8) is 0 Å². The standard InChI is InChI=1S/C9H11FN2S.BrH/c10-8-3-1-7(2-4-8)5-6-13-9(11)12;/h1-4H,5-6H2,(H3,11,12);1H. The van der Waals surface area contributed by atoms with Gasteiger partial charge in [-0.05, 0) is 24.1 Å². The number of nitrogens with one attached hydrogen (secondary N) is 1. The van der Waals surface area contributed by atoms with Crippen LogP contribution in [0.4, 0.5) is 4.39 Å². The monoisotopic (exact) mass is 278 g/mol. The lowest BCUT2D eigenvalue weighted by atomic mass is 10.2. The molecular formula is C9H12BrFN2S. The molecule has 1 aromatic carbocycles. The molecule has 1 rings (SSSR count). The van der Waals surface area contributed by atoms with Gasteiger partial charge in [0.05, 0.1) is 0 Å². The van der Waals surface area contributed by atoms with E-state index in [1.165, 1.54) is 23.9 Å². The summed E-state index contributed by atoms with van der Waals surface area (Å²) in [6.07, 6.45) is 0.810. The fourth-order valence-corrected chi connectivity index (χ4v) is 1.49. The molecule has 0 aromatic heterocycles. The molecule has 14 heavy (non-hydrogen) atoms. The van der Waals surface area contributed by atoms with E-state index in [0.29, 0.717) is 0 Å². The molecule has 0 fully saturated rings. The quantitative estimate of drug-likeness (QED) is 0.660. The third kappa shape index (κ3) is 5.24. The van der Waals surface area contributed by atoms with Gasteiger partial charge in [-0.2, -0.15) is 0 Å². The lowest BCUT2D eigenvalue weighted by Crippen LogP contribution is -2.05. The summed E-state index contributed by atoms with van der Waals surface area (Å²) in [6.45, 7) is 0. The summed E-state index contributed by atoms with van der Waals surface area (Å²) in [6, 6.07) is 6.37. The lowest BCUT2D eigenvalue weighted by Gasteiger charge is -1.99. The Morgan fingerprint density at radius 2 is 1.93 bits per heavy atom. The normalized spacial score (nSPS) is 9.21. The summed E-state index contributed by atoms with van der Waals surface area (Å²) >= 11 is 1.30. The molecule has 0 atom stereocenters. The molecule has 1 aromatic rings. The summed E-state index contributed by atoms with van der Waals surface area (Å²) in [5.74, 6) is 0.545. The highest BCUT2D eigenvalue weighted by Gasteiger charge is 1.95. The predicted molar refractivity (Wildman–Crippen MR) is 64.8 cm³/mol. The van der Waals surface area contributed by atoms with Gasteiger partial charge in [0, 0.05) is 5.75 Å². The number of halogens is 2. The van der Waals surface area contributed by atoms with Gasteiger partial charge in [-0.3, -0.25) is 5.41 Å². The molecule has 3 N–H and O–H groups in total. The molecular weight excluding hydrogens is 267 g/mol. The fraction of sp³-hybridized carbons (Fsp3) is 0.222. The van der Waals surface area contributed by atoms with Gasteiger partial charge in [0.2, 0.25) is 0 Å². The fourth-order valence-electron chi connectivity index (χ4n) is 0.930. The SMILES string of the molecule is Br.N=C(N)SCCc1ccc(F)cc1. The van der Waals surface area contributed by atoms with Gasteiger partial charge in [0.25, 0.3) is 0 Å². The van der Waals surface area contributed by atoms with Crippen molar-refractivity contribution in [2.45, 2.75) is 6.42 Å². The first-order valence-corrected chi connectivity index (χ1v) is 4.88. The van der Waals surface area contributed by atoms with Gasteiger partial charge < -0.3 is 5.73 Å². The Kier molecular flexibility index (Phi) is 6.57. The van der Waals surface area contributed by atoms with Gasteiger partial charge in [0.15, 0.2) is 5.17 Å². The maximum absolute atomic E-state index is 12.5. The molecule has 0 aliphatic carbocycles. The smallest absolute Gasteiger partial charge is 0.151 e. The van der Waals surface area contributed by atoms with Crippen molar-refractivity contribution in [3.05, 3.63) is 35.6 Å². The molecule has 0 aliphatic rings. The molecule has 0 spiro atoms. The minimum atomic E-state index is -0.219. The van der Waals surface area contributed by atoms with Crippen molar-refractivity contribution in [2.24, 2.45) is 5.73 Å². The highest BCUT2D eigenvalue weighted by atomic mass is 79.9. The maximum Gasteiger partial charge on any atom is 0.151 e. The Morgan fingerprint density at radius 3 is 2.43 bits per heavy atom. The molecule has 0 radical (unpaired) electrons. The van der Waals surface area contributed by atoms with Crippen LogP contribution in [-0.2, 0) is 6.42 Å².